The predicted octanol–water partition coefficient (Wildman–Crippen LogP) is 2.27. The highest BCUT2D eigenvalue weighted by Gasteiger charge is 2.43. The largest absolute Gasteiger partial charge is 0.489 e. The lowest BCUT2D eigenvalue weighted by Gasteiger charge is -2.31. The van der Waals surface area contributed by atoms with Crippen LogP contribution in [-0.2, 0) is 11.3 Å². The van der Waals surface area contributed by atoms with Gasteiger partial charge in [-0.1, -0.05) is 36.4 Å². The topological polar surface area (TPSA) is 70.6 Å². The minimum Gasteiger partial charge on any atom is -0.489 e. The Balaban J connectivity index is 1.55. The smallest absolute Gasteiger partial charge is 0.247 e. The number of aliphatic hydroxyl groups excluding tert-OH is 1. The first-order valence-corrected chi connectivity index (χ1v) is 9.50. The quantitative estimate of drug-likeness (QED) is 0.717. The zero-order valence-corrected chi connectivity index (χ0v) is 15.4. The summed E-state index contributed by atoms with van der Waals surface area (Å²) in [5.41, 5.74) is 2.65. The van der Waals surface area contributed by atoms with Crippen molar-refractivity contribution in [3.63, 3.8) is 0 Å². The Morgan fingerprint density at radius 1 is 1.18 bits per heavy atom. The highest BCUT2D eigenvalue weighted by Crippen LogP contribution is 2.46. The van der Waals surface area contributed by atoms with Crippen LogP contribution in [0.5, 0.6) is 5.75 Å². The Morgan fingerprint density at radius 3 is 2.75 bits per heavy atom. The number of benzene rings is 2. The second-order valence-corrected chi connectivity index (χ2v) is 7.12. The van der Waals surface area contributed by atoms with Crippen molar-refractivity contribution in [1.82, 2.24) is 10.6 Å². The normalized spacial score (nSPS) is 22.6. The number of carbonyl (C=O) groups excluding carboxylic acids is 1. The number of ether oxygens (including phenoxy) is 1. The average Bonchev–Trinajstić information content (AvgIpc) is 3.09. The first kappa shape index (κ1) is 18.7. The van der Waals surface area contributed by atoms with Gasteiger partial charge in [0.25, 0.3) is 0 Å². The molecule has 0 radical (unpaired) electrons. The van der Waals surface area contributed by atoms with Gasteiger partial charge in [0.1, 0.15) is 17.7 Å². The number of aliphatic hydroxyl groups is 1. The second-order valence-electron chi connectivity index (χ2n) is 7.12. The third-order valence-corrected chi connectivity index (χ3v) is 5.25. The molecule has 2 aromatic carbocycles. The van der Waals surface area contributed by atoms with E-state index in [-0.39, 0.29) is 42.9 Å². The summed E-state index contributed by atoms with van der Waals surface area (Å²) in [5, 5.41) is 15.2. The van der Waals surface area contributed by atoms with E-state index in [2.05, 4.69) is 10.6 Å². The highest BCUT2D eigenvalue weighted by atomic mass is 19.1. The van der Waals surface area contributed by atoms with Crippen LogP contribution in [0, 0.1) is 5.82 Å². The third-order valence-electron chi connectivity index (χ3n) is 5.25. The predicted molar refractivity (Wildman–Crippen MR) is 103 cm³/mol. The van der Waals surface area contributed by atoms with Crippen LogP contribution in [0.4, 0.5) is 4.39 Å². The minimum atomic E-state index is -0.260. The third kappa shape index (κ3) is 3.79. The number of amides is 1. The summed E-state index contributed by atoms with van der Waals surface area (Å²) in [5.74, 6) is 0.262. The SMILES string of the molecule is O=C(NCCO)C1=CC(NCc2ccc(F)cc2)CC2Oc3ccccc3C12. The second kappa shape index (κ2) is 8.12. The van der Waals surface area contributed by atoms with Gasteiger partial charge in [-0.15, -0.1) is 0 Å². The molecule has 0 spiro atoms. The monoisotopic (exact) mass is 382 g/mol. The lowest BCUT2D eigenvalue weighted by Crippen LogP contribution is -2.42. The fourth-order valence-electron chi connectivity index (χ4n) is 3.95. The Bertz CT molecular complexity index is 882. The molecule has 146 valence electrons. The van der Waals surface area contributed by atoms with Crippen LogP contribution in [0.3, 0.4) is 0 Å². The van der Waals surface area contributed by atoms with Gasteiger partial charge in [-0.05, 0) is 23.8 Å². The van der Waals surface area contributed by atoms with Gasteiger partial charge >= 0.3 is 0 Å². The van der Waals surface area contributed by atoms with Gasteiger partial charge in [-0.2, -0.15) is 0 Å². The molecule has 0 aromatic heterocycles. The molecule has 1 aliphatic carbocycles. The molecule has 0 fully saturated rings. The molecule has 4 rings (SSSR count). The van der Waals surface area contributed by atoms with Crippen LogP contribution in [0.25, 0.3) is 0 Å². The maximum absolute atomic E-state index is 13.1. The Labute approximate surface area is 163 Å². The van der Waals surface area contributed by atoms with Gasteiger partial charge in [-0.3, -0.25) is 4.79 Å². The van der Waals surface area contributed by atoms with Crippen molar-refractivity contribution in [2.24, 2.45) is 0 Å². The van der Waals surface area contributed by atoms with Crippen molar-refractivity contribution in [3.8, 4) is 5.75 Å². The number of carbonyl (C=O) groups is 1. The van der Waals surface area contributed by atoms with E-state index in [0.29, 0.717) is 12.1 Å². The molecule has 1 aliphatic heterocycles. The zero-order chi connectivity index (χ0) is 19.5. The van der Waals surface area contributed by atoms with Gasteiger partial charge in [0.05, 0.1) is 12.5 Å². The Hall–Kier alpha value is -2.70. The van der Waals surface area contributed by atoms with Crippen LogP contribution >= 0.6 is 0 Å². The molecule has 3 N–H and O–H groups in total. The summed E-state index contributed by atoms with van der Waals surface area (Å²) >= 11 is 0. The molecular weight excluding hydrogens is 359 g/mol. The number of para-hydroxylation sites is 1. The molecule has 28 heavy (non-hydrogen) atoms. The lowest BCUT2D eigenvalue weighted by atomic mass is 9.79. The fourth-order valence-corrected chi connectivity index (χ4v) is 3.95. The average molecular weight is 382 g/mol. The van der Waals surface area contributed by atoms with Crippen LogP contribution in [0.15, 0.2) is 60.2 Å². The summed E-state index contributed by atoms with van der Waals surface area (Å²) in [6.45, 7) is 0.674. The van der Waals surface area contributed by atoms with E-state index in [0.717, 1.165) is 23.3 Å². The molecule has 0 bridgehead atoms. The molecule has 2 aromatic rings. The molecular formula is C22H23FN2O3. The molecule has 1 heterocycles. The molecule has 0 saturated carbocycles. The minimum absolute atomic E-state index is 0.0458. The number of rotatable bonds is 6. The van der Waals surface area contributed by atoms with E-state index in [1.807, 2.05) is 30.3 Å². The molecule has 1 amide bonds. The maximum atomic E-state index is 13.1. The van der Waals surface area contributed by atoms with Crippen molar-refractivity contribution < 1.29 is 19.0 Å². The summed E-state index contributed by atoms with van der Waals surface area (Å²) in [4.78, 5) is 12.8. The van der Waals surface area contributed by atoms with Crippen molar-refractivity contribution in [2.75, 3.05) is 13.2 Å². The van der Waals surface area contributed by atoms with E-state index < -0.39 is 0 Å². The zero-order valence-electron chi connectivity index (χ0n) is 15.4. The standard InChI is InChI=1S/C22H23FN2O3/c23-15-7-5-14(6-8-15)13-25-16-11-18(22(27)24-9-10-26)21-17-3-1-2-4-19(17)28-20(21)12-16/h1-8,11,16,20-21,25-26H,9-10,12-13H2,(H,24,27). The van der Waals surface area contributed by atoms with E-state index in [9.17, 15) is 9.18 Å². The van der Waals surface area contributed by atoms with Crippen LogP contribution in [0.2, 0.25) is 0 Å². The van der Waals surface area contributed by atoms with Crippen molar-refractivity contribution >= 4 is 5.91 Å². The summed E-state index contributed by atoms with van der Waals surface area (Å²) in [7, 11) is 0. The number of hydrogen-bond acceptors (Lipinski definition) is 4. The van der Waals surface area contributed by atoms with Gasteiger partial charge < -0.3 is 20.5 Å². The van der Waals surface area contributed by atoms with E-state index in [4.69, 9.17) is 9.84 Å². The molecule has 5 nitrogen and oxygen atoms in total. The number of halogens is 1. The molecule has 6 heteroatoms. The van der Waals surface area contributed by atoms with Crippen LogP contribution in [0.1, 0.15) is 23.5 Å². The first-order valence-electron chi connectivity index (χ1n) is 9.50. The van der Waals surface area contributed by atoms with Crippen LogP contribution in [-0.4, -0.2) is 36.3 Å². The lowest BCUT2D eigenvalue weighted by molar-refractivity contribution is -0.118. The maximum Gasteiger partial charge on any atom is 0.247 e. The number of nitrogens with one attached hydrogen (secondary N) is 2. The van der Waals surface area contributed by atoms with Crippen molar-refractivity contribution in [1.29, 1.82) is 0 Å². The summed E-state index contributed by atoms with van der Waals surface area (Å²) < 4.78 is 19.2. The summed E-state index contributed by atoms with van der Waals surface area (Å²) in [6.07, 6.45) is 2.57. The van der Waals surface area contributed by atoms with Crippen molar-refractivity contribution in [2.45, 2.75) is 31.0 Å². The van der Waals surface area contributed by atoms with Gasteiger partial charge in [-0.25, -0.2) is 4.39 Å². The summed E-state index contributed by atoms with van der Waals surface area (Å²) in [6, 6.07) is 14.1. The highest BCUT2D eigenvalue weighted by molar-refractivity contribution is 5.96. The van der Waals surface area contributed by atoms with Crippen molar-refractivity contribution in [3.05, 3.63) is 77.1 Å². The number of hydrogen-bond donors (Lipinski definition) is 3. The van der Waals surface area contributed by atoms with Gasteiger partial charge in [0, 0.05) is 36.7 Å². The molecule has 3 unspecified atom stereocenters. The van der Waals surface area contributed by atoms with E-state index in [1.54, 1.807) is 12.1 Å². The van der Waals surface area contributed by atoms with E-state index in [1.165, 1.54) is 12.1 Å². The molecule has 3 atom stereocenters. The van der Waals surface area contributed by atoms with Gasteiger partial charge in [0.2, 0.25) is 5.91 Å². The fraction of sp³-hybridized carbons (Fsp3) is 0.318. The number of fused-ring (bicyclic) bond motifs is 3. The molecule has 2 aliphatic rings. The van der Waals surface area contributed by atoms with E-state index >= 15 is 0 Å². The van der Waals surface area contributed by atoms with Gasteiger partial charge in [0.15, 0.2) is 0 Å². The Morgan fingerprint density at radius 2 is 1.96 bits per heavy atom. The first-order chi connectivity index (χ1) is 13.7. The molecule has 0 saturated heterocycles. The van der Waals surface area contributed by atoms with Crippen LogP contribution < -0.4 is 15.4 Å². The Kier molecular flexibility index (Phi) is 5.41.